The average molecular weight is 219 g/mol. The fraction of sp³-hybridized carbons (Fsp3) is 0.250. The second-order valence-electron chi connectivity index (χ2n) is 3.59. The lowest BCUT2D eigenvalue weighted by molar-refractivity contribution is 0.0836. The maximum atomic E-state index is 12.0. The summed E-state index contributed by atoms with van der Waals surface area (Å²) in [6, 6.07) is 5.41. The molecule has 0 bridgehead atoms. The fourth-order valence-electron chi connectivity index (χ4n) is 1.42. The highest BCUT2D eigenvalue weighted by Gasteiger charge is 2.16. The van der Waals surface area contributed by atoms with Crippen molar-refractivity contribution in [2.45, 2.75) is 13.3 Å². The minimum atomic E-state index is -0.236. The van der Waals surface area contributed by atoms with Crippen LogP contribution in [-0.2, 0) is 6.42 Å². The van der Waals surface area contributed by atoms with Gasteiger partial charge in [0.2, 0.25) is 0 Å². The van der Waals surface area contributed by atoms with Crippen LogP contribution in [0.1, 0.15) is 22.8 Å². The number of anilines is 1. The van der Waals surface area contributed by atoms with Gasteiger partial charge in [-0.15, -0.1) is 0 Å². The number of nitrogen functional groups attached to an aromatic ring is 1. The van der Waals surface area contributed by atoms with Crippen molar-refractivity contribution in [2.24, 2.45) is 5.73 Å². The van der Waals surface area contributed by atoms with Gasteiger partial charge in [-0.3, -0.25) is 9.69 Å². The van der Waals surface area contributed by atoms with E-state index >= 15 is 0 Å². The van der Waals surface area contributed by atoms with Crippen LogP contribution in [0.2, 0.25) is 0 Å². The van der Waals surface area contributed by atoms with Gasteiger partial charge in [0, 0.05) is 12.7 Å². The first kappa shape index (κ1) is 12.1. The summed E-state index contributed by atoms with van der Waals surface area (Å²) in [6.45, 7) is 5.51. The number of hydrogen-bond donors (Lipinski definition) is 2. The number of nitrogens with two attached hydrogens (primary N) is 2. The molecule has 1 aromatic rings. The summed E-state index contributed by atoms with van der Waals surface area (Å²) in [4.78, 5) is 13.3. The molecule has 0 aliphatic rings. The molecule has 1 rings (SSSR count). The second-order valence-corrected chi connectivity index (χ2v) is 3.59. The fourth-order valence-corrected chi connectivity index (χ4v) is 1.42. The van der Waals surface area contributed by atoms with Gasteiger partial charge in [0.25, 0.3) is 5.91 Å². The van der Waals surface area contributed by atoms with Gasteiger partial charge < -0.3 is 11.5 Å². The van der Waals surface area contributed by atoms with Gasteiger partial charge >= 0.3 is 0 Å². The van der Waals surface area contributed by atoms with Crippen molar-refractivity contribution >= 4 is 11.6 Å². The van der Waals surface area contributed by atoms with E-state index in [1.807, 2.05) is 19.1 Å². The monoisotopic (exact) mass is 219 g/mol. The summed E-state index contributed by atoms with van der Waals surface area (Å²) in [6.07, 6.45) is 0.792. The standard InChI is InChI=1S/C12H17N3O/c1-4-9-6-5-7-10(11(9)14)12(16)15(3)8(2)13/h5-7H,2,4,13-14H2,1,3H3. The van der Waals surface area contributed by atoms with Crippen LogP contribution in [0.15, 0.2) is 30.6 Å². The molecule has 4 nitrogen and oxygen atoms in total. The molecular formula is C12H17N3O. The van der Waals surface area contributed by atoms with Crippen molar-refractivity contribution in [3.8, 4) is 0 Å². The summed E-state index contributed by atoms with van der Waals surface area (Å²) in [7, 11) is 1.57. The molecule has 0 atom stereocenters. The number of hydrogen-bond acceptors (Lipinski definition) is 3. The van der Waals surface area contributed by atoms with Crippen molar-refractivity contribution in [2.75, 3.05) is 12.8 Å². The molecule has 0 aromatic heterocycles. The molecule has 1 aromatic carbocycles. The van der Waals surface area contributed by atoms with Crippen LogP contribution in [0.3, 0.4) is 0 Å². The SMILES string of the molecule is C=C(N)N(C)C(=O)c1cccc(CC)c1N. The van der Waals surface area contributed by atoms with Crippen LogP contribution in [-0.4, -0.2) is 17.9 Å². The van der Waals surface area contributed by atoms with Crippen molar-refractivity contribution in [1.29, 1.82) is 0 Å². The summed E-state index contributed by atoms with van der Waals surface area (Å²) >= 11 is 0. The Labute approximate surface area is 95.5 Å². The third-order valence-electron chi connectivity index (χ3n) is 2.54. The van der Waals surface area contributed by atoms with E-state index in [0.717, 1.165) is 12.0 Å². The Morgan fingerprint density at radius 3 is 2.62 bits per heavy atom. The number of benzene rings is 1. The normalized spacial score (nSPS) is 9.88. The first-order valence-corrected chi connectivity index (χ1v) is 5.08. The third kappa shape index (κ3) is 2.16. The van der Waals surface area contributed by atoms with E-state index in [1.54, 1.807) is 13.1 Å². The molecule has 1 amide bonds. The Kier molecular flexibility index (Phi) is 3.55. The van der Waals surface area contributed by atoms with E-state index in [1.165, 1.54) is 4.90 Å². The summed E-state index contributed by atoms with van der Waals surface area (Å²) < 4.78 is 0. The molecule has 4 N–H and O–H groups in total. The van der Waals surface area contributed by atoms with Crippen LogP contribution >= 0.6 is 0 Å². The van der Waals surface area contributed by atoms with E-state index in [9.17, 15) is 4.79 Å². The smallest absolute Gasteiger partial charge is 0.261 e. The van der Waals surface area contributed by atoms with Crippen LogP contribution in [0.4, 0.5) is 5.69 Å². The molecule has 0 heterocycles. The predicted octanol–water partition coefficient (Wildman–Crippen LogP) is 1.33. The summed E-state index contributed by atoms with van der Waals surface area (Å²) in [5.41, 5.74) is 13.3. The Morgan fingerprint density at radius 2 is 2.12 bits per heavy atom. The zero-order chi connectivity index (χ0) is 12.3. The maximum Gasteiger partial charge on any atom is 0.261 e. The molecule has 16 heavy (non-hydrogen) atoms. The Bertz CT molecular complexity index is 426. The Balaban J connectivity index is 3.14. The molecule has 0 aliphatic heterocycles. The van der Waals surface area contributed by atoms with Crippen LogP contribution < -0.4 is 11.5 Å². The zero-order valence-electron chi connectivity index (χ0n) is 9.66. The maximum absolute atomic E-state index is 12.0. The second kappa shape index (κ2) is 4.70. The van der Waals surface area contributed by atoms with Crippen LogP contribution in [0, 0.1) is 0 Å². The first-order valence-electron chi connectivity index (χ1n) is 5.08. The van der Waals surface area contributed by atoms with Gasteiger partial charge in [-0.2, -0.15) is 0 Å². The molecule has 0 unspecified atom stereocenters. The van der Waals surface area contributed by atoms with Crippen LogP contribution in [0.5, 0.6) is 0 Å². The molecule has 0 saturated heterocycles. The number of para-hydroxylation sites is 1. The van der Waals surface area contributed by atoms with E-state index in [0.29, 0.717) is 11.3 Å². The van der Waals surface area contributed by atoms with Crippen LogP contribution in [0.25, 0.3) is 0 Å². The van der Waals surface area contributed by atoms with Gasteiger partial charge in [0.05, 0.1) is 11.4 Å². The van der Waals surface area contributed by atoms with Crippen molar-refractivity contribution in [3.63, 3.8) is 0 Å². The van der Waals surface area contributed by atoms with Gasteiger partial charge in [0.15, 0.2) is 0 Å². The topological polar surface area (TPSA) is 72.3 Å². The lowest BCUT2D eigenvalue weighted by Crippen LogP contribution is -2.30. The molecule has 0 spiro atoms. The summed E-state index contributed by atoms with van der Waals surface area (Å²) in [5.74, 6) is -0.0356. The minimum Gasteiger partial charge on any atom is -0.398 e. The van der Waals surface area contributed by atoms with E-state index in [4.69, 9.17) is 11.5 Å². The number of aryl methyl sites for hydroxylation is 1. The molecule has 4 heteroatoms. The number of carbonyl (C=O) groups is 1. The van der Waals surface area contributed by atoms with Crippen molar-refractivity contribution < 1.29 is 4.79 Å². The van der Waals surface area contributed by atoms with Gasteiger partial charge in [-0.05, 0) is 18.1 Å². The highest BCUT2D eigenvalue weighted by molar-refractivity contribution is 6.00. The van der Waals surface area contributed by atoms with E-state index in [-0.39, 0.29) is 11.7 Å². The predicted molar refractivity (Wildman–Crippen MR) is 65.7 cm³/mol. The molecule has 0 radical (unpaired) electrons. The highest BCUT2D eigenvalue weighted by atomic mass is 16.2. The largest absolute Gasteiger partial charge is 0.398 e. The van der Waals surface area contributed by atoms with E-state index in [2.05, 4.69) is 6.58 Å². The third-order valence-corrected chi connectivity index (χ3v) is 2.54. The van der Waals surface area contributed by atoms with Gasteiger partial charge in [-0.25, -0.2) is 0 Å². The van der Waals surface area contributed by atoms with Gasteiger partial charge in [0.1, 0.15) is 0 Å². The number of nitrogens with zero attached hydrogens (tertiary/aromatic N) is 1. The van der Waals surface area contributed by atoms with Crippen molar-refractivity contribution in [3.05, 3.63) is 41.7 Å². The minimum absolute atomic E-state index is 0.200. The molecule has 0 saturated carbocycles. The molecular weight excluding hydrogens is 202 g/mol. The number of amides is 1. The Hall–Kier alpha value is -1.97. The van der Waals surface area contributed by atoms with Crippen molar-refractivity contribution in [1.82, 2.24) is 4.90 Å². The van der Waals surface area contributed by atoms with E-state index < -0.39 is 0 Å². The molecule has 86 valence electrons. The molecule has 0 fully saturated rings. The molecule has 0 aliphatic carbocycles. The Morgan fingerprint density at radius 1 is 1.50 bits per heavy atom. The zero-order valence-corrected chi connectivity index (χ0v) is 9.66. The van der Waals surface area contributed by atoms with Gasteiger partial charge in [-0.1, -0.05) is 25.6 Å². The average Bonchev–Trinajstić information content (AvgIpc) is 2.27. The lowest BCUT2D eigenvalue weighted by Gasteiger charge is -2.18. The highest BCUT2D eigenvalue weighted by Crippen LogP contribution is 2.19. The number of carbonyl (C=O) groups excluding carboxylic acids is 1. The quantitative estimate of drug-likeness (QED) is 0.753. The lowest BCUT2D eigenvalue weighted by atomic mass is 10.0. The first-order chi connectivity index (χ1) is 7.49. The number of rotatable bonds is 3. The summed E-state index contributed by atoms with van der Waals surface area (Å²) in [5, 5.41) is 0.